The van der Waals surface area contributed by atoms with E-state index in [9.17, 15) is 9.90 Å². The Bertz CT molecular complexity index is 1390. The van der Waals surface area contributed by atoms with Gasteiger partial charge in [0.15, 0.2) is 0 Å². The van der Waals surface area contributed by atoms with Crippen molar-refractivity contribution in [1.29, 1.82) is 0 Å². The van der Waals surface area contributed by atoms with Gasteiger partial charge in [0.2, 0.25) is 5.91 Å². The molecule has 0 aliphatic heterocycles. The van der Waals surface area contributed by atoms with E-state index in [0.29, 0.717) is 18.9 Å². The highest BCUT2D eigenvalue weighted by Crippen LogP contribution is 2.58. The zero-order valence-electron chi connectivity index (χ0n) is 25.8. The third-order valence-corrected chi connectivity index (χ3v) is 10.8. The Labute approximate surface area is 251 Å². The second-order valence-corrected chi connectivity index (χ2v) is 13.7. The van der Waals surface area contributed by atoms with Crippen molar-refractivity contribution in [3.63, 3.8) is 0 Å². The van der Waals surface area contributed by atoms with Crippen LogP contribution >= 0.6 is 0 Å². The van der Waals surface area contributed by atoms with Gasteiger partial charge in [-0.25, -0.2) is 0 Å². The van der Waals surface area contributed by atoms with Crippen LogP contribution in [0.4, 0.5) is 5.69 Å². The molecule has 0 radical (unpaired) electrons. The molecule has 1 N–H and O–H groups in total. The quantitative estimate of drug-likeness (QED) is 0.303. The van der Waals surface area contributed by atoms with E-state index in [2.05, 4.69) is 79.4 Å². The molecule has 224 valence electrons. The lowest BCUT2D eigenvalue weighted by atomic mass is 9.51. The van der Waals surface area contributed by atoms with Crippen molar-refractivity contribution in [1.82, 2.24) is 9.78 Å². The van der Waals surface area contributed by atoms with Crippen LogP contribution in [0.5, 0.6) is 5.75 Å². The Kier molecular flexibility index (Phi) is 7.95. The monoisotopic (exact) mass is 569 g/mol. The SMILES string of the molecule is COc1ccc(C23CCC(CN(c4cccc(-c5cnn(C(C)C)c5)c4)C(=O)[C@H]4CC[C@H](O)CC4)(CC2)CC3)cc1C. The lowest BCUT2D eigenvalue weighted by Crippen LogP contribution is -2.51. The smallest absolute Gasteiger partial charge is 0.230 e. The van der Waals surface area contributed by atoms with E-state index in [1.54, 1.807) is 7.11 Å². The number of amides is 1. The number of hydrogen-bond acceptors (Lipinski definition) is 4. The molecule has 3 aromatic rings. The van der Waals surface area contributed by atoms with Crippen LogP contribution in [-0.2, 0) is 10.2 Å². The van der Waals surface area contributed by atoms with Gasteiger partial charge in [-0.15, -0.1) is 0 Å². The number of ether oxygens (including phenoxy) is 1. The van der Waals surface area contributed by atoms with Crippen LogP contribution in [0.15, 0.2) is 54.9 Å². The van der Waals surface area contributed by atoms with Gasteiger partial charge in [-0.05, 0) is 131 Å². The average Bonchev–Trinajstić information content (AvgIpc) is 3.52. The van der Waals surface area contributed by atoms with Crippen LogP contribution in [0, 0.1) is 18.3 Å². The maximum atomic E-state index is 14.3. The lowest BCUT2D eigenvalue weighted by molar-refractivity contribution is -0.124. The molecule has 4 fully saturated rings. The first-order valence-electron chi connectivity index (χ1n) is 16.0. The van der Waals surface area contributed by atoms with Gasteiger partial charge < -0.3 is 14.7 Å². The van der Waals surface area contributed by atoms with Gasteiger partial charge >= 0.3 is 0 Å². The number of methoxy groups -OCH3 is 1. The zero-order valence-corrected chi connectivity index (χ0v) is 25.8. The molecule has 1 heterocycles. The number of anilines is 1. The first-order chi connectivity index (χ1) is 20.2. The summed E-state index contributed by atoms with van der Waals surface area (Å²) >= 11 is 0. The van der Waals surface area contributed by atoms with Crippen molar-refractivity contribution in [3.05, 3.63) is 66.0 Å². The van der Waals surface area contributed by atoms with E-state index in [-0.39, 0.29) is 28.8 Å². The molecule has 7 rings (SSSR count). The molecule has 2 aromatic carbocycles. The van der Waals surface area contributed by atoms with Gasteiger partial charge in [-0.3, -0.25) is 9.48 Å². The molecule has 0 saturated heterocycles. The Balaban J connectivity index is 1.27. The molecule has 2 bridgehead atoms. The van der Waals surface area contributed by atoms with Crippen molar-refractivity contribution < 1.29 is 14.6 Å². The highest BCUT2D eigenvalue weighted by Gasteiger charge is 2.50. The number of carbonyl (C=O) groups is 1. The molecule has 6 nitrogen and oxygen atoms in total. The number of carbonyl (C=O) groups excluding carboxylic acids is 1. The summed E-state index contributed by atoms with van der Waals surface area (Å²) in [6.45, 7) is 7.18. The van der Waals surface area contributed by atoms with Crippen LogP contribution in [0.25, 0.3) is 11.1 Å². The van der Waals surface area contributed by atoms with Crippen molar-refractivity contribution >= 4 is 11.6 Å². The van der Waals surface area contributed by atoms with Gasteiger partial charge in [-0.2, -0.15) is 5.10 Å². The second-order valence-electron chi connectivity index (χ2n) is 13.7. The number of aromatic nitrogens is 2. The summed E-state index contributed by atoms with van der Waals surface area (Å²) in [4.78, 5) is 16.4. The maximum absolute atomic E-state index is 14.3. The molecule has 42 heavy (non-hydrogen) atoms. The van der Waals surface area contributed by atoms with Crippen molar-refractivity contribution in [2.24, 2.45) is 11.3 Å². The molecular formula is C36H47N3O3. The molecule has 4 aliphatic carbocycles. The summed E-state index contributed by atoms with van der Waals surface area (Å²) < 4.78 is 7.52. The van der Waals surface area contributed by atoms with Gasteiger partial charge in [0.1, 0.15) is 5.75 Å². The number of rotatable bonds is 8. The zero-order chi connectivity index (χ0) is 29.5. The summed E-state index contributed by atoms with van der Waals surface area (Å²) in [6.07, 6.45) is 13.7. The fourth-order valence-corrected chi connectivity index (χ4v) is 7.94. The van der Waals surface area contributed by atoms with Crippen LogP contribution < -0.4 is 9.64 Å². The fourth-order valence-electron chi connectivity index (χ4n) is 7.94. The van der Waals surface area contributed by atoms with E-state index in [1.807, 2.05) is 10.9 Å². The van der Waals surface area contributed by atoms with Gasteiger partial charge in [0.05, 0.1) is 19.4 Å². The molecule has 6 heteroatoms. The third kappa shape index (κ3) is 5.50. The Morgan fingerprint density at radius 1 is 1.02 bits per heavy atom. The summed E-state index contributed by atoms with van der Waals surface area (Å²) in [7, 11) is 1.74. The summed E-state index contributed by atoms with van der Waals surface area (Å²) in [5.41, 5.74) is 6.21. The number of benzene rings is 2. The first kappa shape index (κ1) is 29.0. The fraction of sp³-hybridized carbons (Fsp3) is 0.556. The molecule has 1 aromatic heterocycles. The number of aliphatic hydroxyl groups is 1. The minimum Gasteiger partial charge on any atom is -0.496 e. The Hall–Kier alpha value is -3.12. The van der Waals surface area contributed by atoms with Crippen LogP contribution in [0.3, 0.4) is 0 Å². The van der Waals surface area contributed by atoms with E-state index >= 15 is 0 Å². The summed E-state index contributed by atoms with van der Waals surface area (Å²) in [5.74, 6) is 1.17. The van der Waals surface area contributed by atoms with Gasteiger partial charge in [0, 0.05) is 36.0 Å². The Morgan fingerprint density at radius 3 is 2.36 bits per heavy atom. The number of hydrogen-bond donors (Lipinski definition) is 1. The maximum Gasteiger partial charge on any atom is 0.230 e. The average molecular weight is 570 g/mol. The molecule has 4 saturated carbocycles. The topological polar surface area (TPSA) is 67.6 Å². The first-order valence-corrected chi connectivity index (χ1v) is 16.0. The van der Waals surface area contributed by atoms with Gasteiger partial charge in [0.25, 0.3) is 0 Å². The predicted molar refractivity (Wildman–Crippen MR) is 168 cm³/mol. The highest BCUT2D eigenvalue weighted by atomic mass is 16.5. The molecule has 0 atom stereocenters. The van der Waals surface area contributed by atoms with Crippen LogP contribution in [-0.4, -0.2) is 40.6 Å². The van der Waals surface area contributed by atoms with Crippen molar-refractivity contribution in [2.45, 2.75) is 103 Å². The number of aliphatic hydroxyl groups excluding tert-OH is 1. The molecular weight excluding hydrogens is 522 g/mol. The molecule has 0 spiro atoms. The summed E-state index contributed by atoms with van der Waals surface area (Å²) in [6, 6.07) is 15.6. The molecule has 0 unspecified atom stereocenters. The Morgan fingerprint density at radius 2 is 1.74 bits per heavy atom. The number of nitrogens with zero attached hydrogens (tertiary/aromatic N) is 3. The number of fused-ring (bicyclic) bond motifs is 3. The highest BCUT2D eigenvalue weighted by molar-refractivity contribution is 5.96. The van der Waals surface area contributed by atoms with E-state index in [4.69, 9.17) is 4.74 Å². The van der Waals surface area contributed by atoms with Crippen molar-refractivity contribution in [3.8, 4) is 16.9 Å². The van der Waals surface area contributed by atoms with E-state index in [1.165, 1.54) is 30.4 Å². The normalized spacial score (nSPS) is 27.3. The van der Waals surface area contributed by atoms with Gasteiger partial charge in [-0.1, -0.05) is 24.3 Å². The van der Waals surface area contributed by atoms with E-state index < -0.39 is 0 Å². The lowest BCUT2D eigenvalue weighted by Gasteiger charge is -2.55. The number of aryl methyl sites for hydroxylation is 1. The minimum atomic E-state index is -0.270. The molecule has 1 amide bonds. The second kappa shape index (κ2) is 11.5. The standard InChI is InChI=1S/C36H47N3O3/c1-25(2)39-23-29(22-37-39)28-6-5-7-31(21-28)38(34(41)27-8-11-32(40)12-9-27)24-35-14-17-36(18-15-35,19-16-35)30-10-13-33(42-4)26(3)20-30/h5-7,10,13,20-23,25,27,32,40H,8-9,11-12,14-19,24H2,1-4H3/t27-,32-,35?,36?. The predicted octanol–water partition coefficient (Wildman–Crippen LogP) is 7.62. The molecule has 4 aliphatic rings. The minimum absolute atomic E-state index is 0.0225. The summed E-state index contributed by atoms with van der Waals surface area (Å²) in [5, 5.41) is 14.7. The third-order valence-electron chi connectivity index (χ3n) is 10.8. The van der Waals surface area contributed by atoms with E-state index in [0.717, 1.165) is 61.2 Å². The van der Waals surface area contributed by atoms with Crippen LogP contribution in [0.1, 0.15) is 95.2 Å². The van der Waals surface area contributed by atoms with Crippen LogP contribution in [0.2, 0.25) is 0 Å². The largest absolute Gasteiger partial charge is 0.496 e. The van der Waals surface area contributed by atoms with Crippen molar-refractivity contribution in [2.75, 3.05) is 18.6 Å².